The van der Waals surface area contributed by atoms with Crippen molar-refractivity contribution in [2.45, 2.75) is 20.0 Å². The van der Waals surface area contributed by atoms with E-state index in [0.717, 1.165) is 5.56 Å². The number of anilines is 1. The first-order valence-corrected chi connectivity index (χ1v) is 6.21. The van der Waals surface area contributed by atoms with Crippen LogP contribution in [0.15, 0.2) is 42.6 Å². The lowest BCUT2D eigenvalue weighted by molar-refractivity contribution is -0.122. The number of carbonyl (C=O) groups excluding carboxylic acids is 1. The van der Waals surface area contributed by atoms with Crippen molar-refractivity contribution in [2.75, 3.05) is 5.32 Å². The first kappa shape index (κ1) is 14.0. The molecular formula is C15H15FN2O2. The van der Waals surface area contributed by atoms with Crippen LogP contribution in [0.2, 0.25) is 0 Å². The van der Waals surface area contributed by atoms with Crippen molar-refractivity contribution in [3.8, 4) is 5.75 Å². The van der Waals surface area contributed by atoms with Crippen LogP contribution in [0.3, 0.4) is 0 Å². The van der Waals surface area contributed by atoms with E-state index in [1.807, 2.05) is 13.0 Å². The molecule has 0 aliphatic carbocycles. The van der Waals surface area contributed by atoms with Gasteiger partial charge in [-0.15, -0.1) is 0 Å². The van der Waals surface area contributed by atoms with Crippen molar-refractivity contribution in [1.29, 1.82) is 0 Å². The SMILES string of the molecule is Cc1cccnc1NC(=O)[C@H](C)Oc1ccc(F)cc1. The summed E-state index contributed by atoms with van der Waals surface area (Å²) in [5, 5.41) is 2.69. The normalized spacial score (nSPS) is 11.8. The van der Waals surface area contributed by atoms with Crippen LogP contribution < -0.4 is 10.1 Å². The summed E-state index contributed by atoms with van der Waals surface area (Å²) in [5.41, 5.74) is 0.870. The number of amides is 1. The summed E-state index contributed by atoms with van der Waals surface area (Å²) in [4.78, 5) is 16.1. The molecule has 4 nitrogen and oxygen atoms in total. The number of hydrogen-bond acceptors (Lipinski definition) is 3. The van der Waals surface area contributed by atoms with Crippen molar-refractivity contribution in [1.82, 2.24) is 4.98 Å². The summed E-state index contributed by atoms with van der Waals surface area (Å²) in [5.74, 6) is 0.286. The number of aryl methyl sites for hydroxylation is 1. The highest BCUT2D eigenvalue weighted by Gasteiger charge is 2.16. The summed E-state index contributed by atoms with van der Waals surface area (Å²) in [6, 6.07) is 9.17. The van der Waals surface area contributed by atoms with Gasteiger partial charge in [0.2, 0.25) is 0 Å². The van der Waals surface area contributed by atoms with Crippen LogP contribution >= 0.6 is 0 Å². The Labute approximate surface area is 116 Å². The molecule has 0 saturated carbocycles. The van der Waals surface area contributed by atoms with Gasteiger partial charge in [-0.05, 0) is 49.7 Å². The molecule has 0 unspecified atom stereocenters. The monoisotopic (exact) mass is 274 g/mol. The van der Waals surface area contributed by atoms with Crippen molar-refractivity contribution >= 4 is 11.7 Å². The Morgan fingerprint density at radius 2 is 2.00 bits per heavy atom. The van der Waals surface area contributed by atoms with Crippen LogP contribution in [-0.4, -0.2) is 17.0 Å². The zero-order valence-electron chi connectivity index (χ0n) is 11.3. The number of benzene rings is 1. The Morgan fingerprint density at radius 1 is 1.30 bits per heavy atom. The second-order valence-electron chi connectivity index (χ2n) is 4.37. The van der Waals surface area contributed by atoms with Crippen molar-refractivity contribution in [3.05, 3.63) is 54.0 Å². The van der Waals surface area contributed by atoms with Crippen LogP contribution in [0, 0.1) is 12.7 Å². The standard InChI is InChI=1S/C15H15FN2O2/c1-10-4-3-9-17-14(10)18-15(19)11(2)20-13-7-5-12(16)6-8-13/h3-9,11H,1-2H3,(H,17,18,19)/t11-/m0/s1. The molecule has 1 heterocycles. The summed E-state index contributed by atoms with van der Waals surface area (Å²) in [7, 11) is 0. The first-order valence-electron chi connectivity index (χ1n) is 6.21. The van der Waals surface area contributed by atoms with E-state index in [9.17, 15) is 9.18 Å². The highest BCUT2D eigenvalue weighted by atomic mass is 19.1. The number of aromatic nitrogens is 1. The molecule has 5 heteroatoms. The van der Waals surface area contributed by atoms with Gasteiger partial charge < -0.3 is 10.1 Å². The topological polar surface area (TPSA) is 51.2 Å². The Morgan fingerprint density at radius 3 is 2.65 bits per heavy atom. The Balaban J connectivity index is 1.99. The maximum Gasteiger partial charge on any atom is 0.266 e. The number of hydrogen-bond donors (Lipinski definition) is 1. The Hall–Kier alpha value is -2.43. The number of halogens is 1. The average Bonchev–Trinajstić information content (AvgIpc) is 2.44. The van der Waals surface area contributed by atoms with Gasteiger partial charge >= 0.3 is 0 Å². The summed E-state index contributed by atoms with van der Waals surface area (Å²) in [6.07, 6.45) is 0.899. The van der Waals surface area contributed by atoms with E-state index in [2.05, 4.69) is 10.3 Å². The van der Waals surface area contributed by atoms with Gasteiger partial charge in [-0.2, -0.15) is 0 Å². The van der Waals surface area contributed by atoms with E-state index in [1.54, 1.807) is 19.2 Å². The van der Waals surface area contributed by atoms with Gasteiger partial charge in [0.1, 0.15) is 17.4 Å². The molecule has 2 rings (SSSR count). The predicted molar refractivity (Wildman–Crippen MR) is 74.1 cm³/mol. The molecule has 20 heavy (non-hydrogen) atoms. The van der Waals surface area contributed by atoms with Crippen LogP contribution in [0.4, 0.5) is 10.2 Å². The molecule has 0 spiro atoms. The largest absolute Gasteiger partial charge is 0.481 e. The minimum absolute atomic E-state index is 0.309. The van der Waals surface area contributed by atoms with Crippen molar-refractivity contribution in [3.63, 3.8) is 0 Å². The zero-order chi connectivity index (χ0) is 14.5. The molecule has 2 aromatic rings. The number of pyridine rings is 1. The number of nitrogens with zero attached hydrogens (tertiary/aromatic N) is 1. The molecule has 1 amide bonds. The van der Waals surface area contributed by atoms with Gasteiger partial charge in [0, 0.05) is 6.20 Å². The van der Waals surface area contributed by atoms with E-state index in [-0.39, 0.29) is 11.7 Å². The third kappa shape index (κ3) is 3.54. The van der Waals surface area contributed by atoms with E-state index in [4.69, 9.17) is 4.74 Å². The van der Waals surface area contributed by atoms with Crippen LogP contribution in [0.1, 0.15) is 12.5 Å². The molecule has 0 aliphatic heterocycles. The van der Waals surface area contributed by atoms with E-state index in [0.29, 0.717) is 11.6 Å². The fourth-order valence-electron chi connectivity index (χ4n) is 1.61. The maximum absolute atomic E-state index is 12.8. The highest BCUT2D eigenvalue weighted by Crippen LogP contribution is 2.14. The Kier molecular flexibility index (Phi) is 4.30. The molecule has 0 aliphatic rings. The molecule has 0 radical (unpaired) electrons. The van der Waals surface area contributed by atoms with E-state index >= 15 is 0 Å². The molecule has 1 aromatic heterocycles. The third-order valence-electron chi connectivity index (χ3n) is 2.75. The molecule has 0 saturated heterocycles. The van der Waals surface area contributed by atoms with Crippen LogP contribution in [-0.2, 0) is 4.79 Å². The van der Waals surface area contributed by atoms with Gasteiger partial charge in [-0.3, -0.25) is 4.79 Å². The van der Waals surface area contributed by atoms with E-state index in [1.165, 1.54) is 24.3 Å². The molecule has 0 fully saturated rings. The quantitative estimate of drug-likeness (QED) is 0.932. The smallest absolute Gasteiger partial charge is 0.266 e. The highest BCUT2D eigenvalue weighted by molar-refractivity contribution is 5.93. The summed E-state index contributed by atoms with van der Waals surface area (Å²) < 4.78 is 18.2. The number of carbonyl (C=O) groups is 1. The number of nitrogens with one attached hydrogen (secondary N) is 1. The lowest BCUT2D eigenvalue weighted by Gasteiger charge is -2.15. The molecular weight excluding hydrogens is 259 g/mol. The predicted octanol–water partition coefficient (Wildman–Crippen LogP) is 2.94. The fraction of sp³-hybridized carbons (Fsp3) is 0.200. The number of rotatable bonds is 4. The van der Waals surface area contributed by atoms with E-state index < -0.39 is 6.10 Å². The van der Waals surface area contributed by atoms with Crippen LogP contribution in [0.5, 0.6) is 5.75 Å². The second-order valence-corrected chi connectivity index (χ2v) is 4.37. The van der Waals surface area contributed by atoms with Gasteiger partial charge in [0.25, 0.3) is 5.91 Å². The lowest BCUT2D eigenvalue weighted by atomic mass is 10.2. The summed E-state index contributed by atoms with van der Waals surface area (Å²) in [6.45, 7) is 3.48. The van der Waals surface area contributed by atoms with Gasteiger partial charge in [-0.25, -0.2) is 9.37 Å². The van der Waals surface area contributed by atoms with Crippen molar-refractivity contribution in [2.24, 2.45) is 0 Å². The molecule has 1 aromatic carbocycles. The summed E-state index contributed by atoms with van der Waals surface area (Å²) >= 11 is 0. The van der Waals surface area contributed by atoms with Crippen molar-refractivity contribution < 1.29 is 13.9 Å². The second kappa shape index (κ2) is 6.14. The molecule has 1 atom stereocenters. The number of ether oxygens (including phenoxy) is 1. The van der Waals surface area contributed by atoms with Crippen LogP contribution in [0.25, 0.3) is 0 Å². The molecule has 1 N–H and O–H groups in total. The maximum atomic E-state index is 12.8. The van der Waals surface area contributed by atoms with Gasteiger partial charge in [0.05, 0.1) is 0 Å². The molecule has 0 bridgehead atoms. The zero-order valence-corrected chi connectivity index (χ0v) is 11.3. The minimum atomic E-state index is -0.707. The van der Waals surface area contributed by atoms with Gasteiger partial charge in [-0.1, -0.05) is 6.07 Å². The third-order valence-corrected chi connectivity index (χ3v) is 2.75. The van der Waals surface area contributed by atoms with Gasteiger partial charge in [0.15, 0.2) is 6.10 Å². The molecule has 104 valence electrons. The fourth-order valence-corrected chi connectivity index (χ4v) is 1.61. The Bertz CT molecular complexity index is 599. The average molecular weight is 274 g/mol. The first-order chi connectivity index (χ1) is 9.56. The minimum Gasteiger partial charge on any atom is -0.481 e. The lowest BCUT2D eigenvalue weighted by Crippen LogP contribution is -2.30.